The lowest BCUT2D eigenvalue weighted by Gasteiger charge is -2.13. The van der Waals surface area contributed by atoms with Crippen LogP contribution in [0.2, 0.25) is 0 Å². The Kier molecular flexibility index (Phi) is 6.67. The summed E-state index contributed by atoms with van der Waals surface area (Å²) in [5.41, 5.74) is 5.31. The fourth-order valence-electron chi connectivity index (χ4n) is 2.17. The number of carbonyl (C=O) groups excluding carboxylic acids is 2. The van der Waals surface area contributed by atoms with E-state index in [1.165, 1.54) is 17.8 Å². The molecule has 1 atom stereocenters. The molecule has 3 N–H and O–H groups in total. The molecule has 0 bridgehead atoms. The number of amides is 2. The van der Waals surface area contributed by atoms with Crippen molar-refractivity contribution in [2.75, 3.05) is 5.32 Å². The Morgan fingerprint density at radius 1 is 1.31 bits per heavy atom. The highest BCUT2D eigenvalue weighted by Gasteiger charge is 2.20. The Balaban J connectivity index is 2.03. The number of primary amides is 1. The average molecular weight is 383 g/mol. The van der Waals surface area contributed by atoms with Gasteiger partial charge < -0.3 is 15.6 Å². The number of thioether (sulfide) groups is 1. The zero-order valence-electron chi connectivity index (χ0n) is 14.3. The number of hydrogen-bond acceptors (Lipinski definition) is 5. The van der Waals surface area contributed by atoms with Crippen LogP contribution in [0.5, 0.6) is 0 Å². The molecule has 0 aliphatic carbocycles. The fourth-order valence-corrected chi connectivity index (χ4v) is 3.11. The first-order valence-electron chi connectivity index (χ1n) is 7.94. The van der Waals surface area contributed by atoms with Gasteiger partial charge in [0.2, 0.25) is 11.8 Å². The molecule has 0 aliphatic heterocycles. The van der Waals surface area contributed by atoms with Gasteiger partial charge in [-0.15, -0.1) is 10.2 Å². The van der Waals surface area contributed by atoms with E-state index in [9.17, 15) is 18.4 Å². The number of halogens is 2. The van der Waals surface area contributed by atoms with Gasteiger partial charge in [0, 0.05) is 31.1 Å². The van der Waals surface area contributed by atoms with Gasteiger partial charge in [0.15, 0.2) is 16.8 Å². The van der Waals surface area contributed by atoms with Crippen LogP contribution in [0.15, 0.2) is 23.4 Å². The number of aromatic nitrogens is 3. The monoisotopic (exact) mass is 383 g/mol. The average Bonchev–Trinajstić information content (AvgIpc) is 2.97. The number of hydrogen-bond donors (Lipinski definition) is 2. The molecule has 7 nitrogen and oxygen atoms in total. The first-order chi connectivity index (χ1) is 12.3. The van der Waals surface area contributed by atoms with Crippen LogP contribution >= 0.6 is 11.8 Å². The lowest BCUT2D eigenvalue weighted by atomic mass is 10.3. The van der Waals surface area contributed by atoms with Crippen LogP contribution in [0.3, 0.4) is 0 Å². The first-order valence-corrected chi connectivity index (χ1v) is 8.82. The Hall–Kier alpha value is -2.49. The van der Waals surface area contributed by atoms with Gasteiger partial charge in [-0.2, -0.15) is 0 Å². The predicted molar refractivity (Wildman–Crippen MR) is 93.5 cm³/mol. The molecule has 1 heterocycles. The smallest absolute Gasteiger partial charge is 0.237 e. The van der Waals surface area contributed by atoms with Crippen LogP contribution in [0, 0.1) is 11.6 Å². The molecule has 2 rings (SSSR count). The summed E-state index contributed by atoms with van der Waals surface area (Å²) in [7, 11) is 0. The second-order valence-electron chi connectivity index (χ2n) is 5.49. The van der Waals surface area contributed by atoms with Crippen LogP contribution in [0.25, 0.3) is 0 Å². The van der Waals surface area contributed by atoms with E-state index in [1.54, 1.807) is 11.5 Å². The van der Waals surface area contributed by atoms with Gasteiger partial charge in [-0.1, -0.05) is 11.8 Å². The summed E-state index contributed by atoms with van der Waals surface area (Å²) in [6.07, 6.45) is 0.529. The number of benzene rings is 1. The summed E-state index contributed by atoms with van der Waals surface area (Å²) < 4.78 is 28.0. The second kappa shape index (κ2) is 8.75. The molecule has 0 saturated carbocycles. The maximum Gasteiger partial charge on any atom is 0.237 e. The highest BCUT2D eigenvalue weighted by atomic mass is 32.2. The largest absolute Gasteiger partial charge is 0.370 e. The molecule has 1 aromatic heterocycles. The van der Waals surface area contributed by atoms with Crippen molar-refractivity contribution in [1.29, 1.82) is 0 Å². The van der Waals surface area contributed by atoms with Crippen molar-refractivity contribution in [3.8, 4) is 0 Å². The van der Waals surface area contributed by atoms with Gasteiger partial charge in [-0.25, -0.2) is 8.78 Å². The molecule has 0 aliphatic rings. The maximum atomic E-state index is 13.2. The Labute approximate surface area is 153 Å². The number of nitrogens with one attached hydrogen (secondary N) is 1. The number of carbonyl (C=O) groups is 2. The van der Waals surface area contributed by atoms with Gasteiger partial charge in [-0.05, 0) is 26.0 Å². The lowest BCUT2D eigenvalue weighted by molar-refractivity contribution is -0.118. The minimum Gasteiger partial charge on any atom is -0.370 e. The minimum atomic E-state index is -1.03. The van der Waals surface area contributed by atoms with Crippen molar-refractivity contribution in [3.63, 3.8) is 0 Å². The van der Waals surface area contributed by atoms with Crippen LogP contribution in [0.1, 0.15) is 26.1 Å². The summed E-state index contributed by atoms with van der Waals surface area (Å²) in [6, 6.07) is 3.15. The molecule has 2 aromatic rings. The molecule has 0 radical (unpaired) electrons. The van der Waals surface area contributed by atoms with Gasteiger partial charge in [0.25, 0.3) is 0 Å². The maximum absolute atomic E-state index is 13.2. The van der Waals surface area contributed by atoms with Gasteiger partial charge >= 0.3 is 0 Å². The molecule has 1 aromatic carbocycles. The second-order valence-corrected chi connectivity index (χ2v) is 6.80. The van der Waals surface area contributed by atoms with Gasteiger partial charge in [-0.3, -0.25) is 9.59 Å². The minimum absolute atomic E-state index is 0.162. The molecule has 0 spiro atoms. The van der Waals surface area contributed by atoms with Crippen molar-refractivity contribution >= 4 is 29.3 Å². The third kappa shape index (κ3) is 5.01. The molecule has 26 heavy (non-hydrogen) atoms. The molecule has 0 unspecified atom stereocenters. The number of aryl methyl sites for hydroxylation is 1. The van der Waals surface area contributed by atoms with E-state index < -0.39 is 22.8 Å². The first kappa shape index (κ1) is 19.8. The Morgan fingerprint density at radius 2 is 2.04 bits per heavy atom. The van der Waals surface area contributed by atoms with Gasteiger partial charge in [0.05, 0.1) is 5.25 Å². The van der Waals surface area contributed by atoms with Crippen LogP contribution in [-0.4, -0.2) is 31.8 Å². The summed E-state index contributed by atoms with van der Waals surface area (Å²) >= 11 is 1.18. The standard InChI is InChI=1S/C16H19F2N5O2S/c1-3-23-14(7-6-13(19)24)21-22-16(23)26-9(2)15(25)20-10-4-5-11(17)12(18)8-10/h4-5,8-9H,3,6-7H2,1-2H3,(H2,19,24)(H,20,25)/t9-/m0/s1. The van der Waals surface area contributed by atoms with E-state index in [0.717, 1.165) is 12.1 Å². The third-order valence-electron chi connectivity index (χ3n) is 3.54. The third-order valence-corrected chi connectivity index (χ3v) is 4.62. The lowest BCUT2D eigenvalue weighted by Crippen LogP contribution is -2.23. The summed E-state index contributed by atoms with van der Waals surface area (Å²) in [6.45, 7) is 4.13. The van der Waals surface area contributed by atoms with E-state index in [0.29, 0.717) is 23.9 Å². The SMILES string of the molecule is CCn1c(CCC(N)=O)nnc1S[C@@H](C)C(=O)Nc1ccc(F)c(F)c1. The highest BCUT2D eigenvalue weighted by molar-refractivity contribution is 8.00. The molecular formula is C16H19F2N5O2S. The molecule has 0 fully saturated rings. The van der Waals surface area contributed by atoms with E-state index in [-0.39, 0.29) is 18.0 Å². The van der Waals surface area contributed by atoms with Gasteiger partial charge in [0.1, 0.15) is 5.82 Å². The molecule has 140 valence electrons. The zero-order valence-corrected chi connectivity index (χ0v) is 15.1. The fraction of sp³-hybridized carbons (Fsp3) is 0.375. The predicted octanol–water partition coefficient (Wildman–Crippen LogP) is 2.11. The van der Waals surface area contributed by atoms with Crippen LogP contribution < -0.4 is 11.1 Å². The molecular weight excluding hydrogens is 364 g/mol. The van der Waals surface area contributed by atoms with Crippen molar-refractivity contribution in [2.45, 2.75) is 43.6 Å². The Bertz CT molecular complexity index is 812. The quantitative estimate of drug-likeness (QED) is 0.680. The summed E-state index contributed by atoms with van der Waals surface area (Å²) in [5.74, 6) is -2.21. The van der Waals surface area contributed by atoms with Crippen LogP contribution in [0.4, 0.5) is 14.5 Å². The number of rotatable bonds is 8. The van der Waals surface area contributed by atoms with E-state index >= 15 is 0 Å². The highest BCUT2D eigenvalue weighted by Crippen LogP contribution is 2.24. The van der Waals surface area contributed by atoms with Crippen LogP contribution in [-0.2, 0) is 22.6 Å². The van der Waals surface area contributed by atoms with Crippen molar-refractivity contribution in [1.82, 2.24) is 14.8 Å². The van der Waals surface area contributed by atoms with Crippen molar-refractivity contribution < 1.29 is 18.4 Å². The molecule has 10 heteroatoms. The summed E-state index contributed by atoms with van der Waals surface area (Å²) in [4.78, 5) is 23.2. The summed E-state index contributed by atoms with van der Waals surface area (Å²) in [5, 5.41) is 10.6. The zero-order chi connectivity index (χ0) is 19.3. The number of nitrogens with two attached hydrogens (primary N) is 1. The molecule has 2 amide bonds. The van der Waals surface area contributed by atoms with E-state index in [4.69, 9.17) is 5.73 Å². The van der Waals surface area contributed by atoms with Crippen molar-refractivity contribution in [2.24, 2.45) is 5.73 Å². The molecule has 0 saturated heterocycles. The normalized spacial score (nSPS) is 12.0. The Morgan fingerprint density at radius 3 is 2.65 bits per heavy atom. The topological polar surface area (TPSA) is 103 Å². The van der Waals surface area contributed by atoms with Crippen molar-refractivity contribution in [3.05, 3.63) is 35.7 Å². The number of nitrogens with zero attached hydrogens (tertiary/aromatic N) is 3. The van der Waals surface area contributed by atoms with E-state index in [1.807, 2.05) is 6.92 Å². The van der Waals surface area contributed by atoms with E-state index in [2.05, 4.69) is 15.5 Å². The number of anilines is 1.